The highest BCUT2D eigenvalue weighted by Crippen LogP contribution is 2.15. The number of aryl methyl sites for hydroxylation is 1. The minimum Gasteiger partial charge on any atom is -0.477 e. The summed E-state index contributed by atoms with van der Waals surface area (Å²) in [6.45, 7) is -0.0582. The predicted molar refractivity (Wildman–Crippen MR) is 70.1 cm³/mol. The van der Waals surface area contributed by atoms with Gasteiger partial charge in [0.05, 0.1) is 7.11 Å². The Hall–Kier alpha value is -3.05. The molecule has 1 N–H and O–H groups in total. The van der Waals surface area contributed by atoms with Crippen molar-refractivity contribution in [1.29, 1.82) is 0 Å². The van der Waals surface area contributed by atoms with Gasteiger partial charge in [-0.25, -0.2) is 14.3 Å². The van der Waals surface area contributed by atoms with Crippen LogP contribution in [0.3, 0.4) is 0 Å². The number of carboxylic acid groups (broad SMARTS) is 1. The van der Waals surface area contributed by atoms with Gasteiger partial charge in [0.15, 0.2) is 18.2 Å². The Morgan fingerprint density at radius 3 is 2.25 bits per heavy atom. The van der Waals surface area contributed by atoms with Gasteiger partial charge in [-0.2, -0.15) is 17.7 Å². The third-order valence-electron chi connectivity index (χ3n) is 2.50. The molecule has 12 heteroatoms. The summed E-state index contributed by atoms with van der Waals surface area (Å²) in [6, 6.07) is 3.54. The van der Waals surface area contributed by atoms with E-state index in [0.717, 1.165) is 5.56 Å². The maximum absolute atomic E-state index is 11.0. The smallest absolute Gasteiger partial charge is 0.477 e. The molecule has 0 unspecified atom stereocenters. The van der Waals surface area contributed by atoms with Crippen LogP contribution in [-0.4, -0.2) is 50.5 Å². The van der Waals surface area contributed by atoms with Gasteiger partial charge in [-0.1, -0.05) is 0 Å². The number of alkyl halides is 3. The number of carbonyl (C=O) groups excluding carboxylic acids is 1. The number of carboxylic acids is 1. The second-order valence-electron chi connectivity index (χ2n) is 4.27. The molecular weight excluding hydrogens is 335 g/mol. The summed E-state index contributed by atoms with van der Waals surface area (Å²) in [5.74, 6) is -2.40. The predicted octanol–water partition coefficient (Wildman–Crippen LogP) is -0.0291. The summed E-state index contributed by atoms with van der Waals surface area (Å²) in [7, 11) is 2.42. The lowest BCUT2D eigenvalue weighted by molar-refractivity contribution is -0.685. The van der Waals surface area contributed by atoms with Crippen molar-refractivity contribution in [3.63, 3.8) is 0 Å². The number of methoxy groups -OCH3 is 1. The molecule has 0 aliphatic rings. The Morgan fingerprint density at radius 1 is 1.33 bits per heavy atom. The monoisotopic (exact) mass is 348 g/mol. The van der Waals surface area contributed by atoms with Crippen molar-refractivity contribution in [3.05, 3.63) is 24.5 Å². The van der Waals surface area contributed by atoms with E-state index in [4.69, 9.17) is 5.11 Å². The second-order valence-corrected chi connectivity index (χ2v) is 4.27. The maximum Gasteiger partial charge on any atom is 0.490 e. The number of tetrazole rings is 1. The molecule has 0 spiro atoms. The summed E-state index contributed by atoms with van der Waals surface area (Å²) >= 11 is 0. The number of hydrogen-bond donors (Lipinski definition) is 1. The fourth-order valence-corrected chi connectivity index (χ4v) is 1.46. The molecular formula is C12H13F3N5O4+. The van der Waals surface area contributed by atoms with E-state index in [1.54, 1.807) is 40.8 Å². The minimum atomic E-state index is -4.85. The fraction of sp³-hybridized carbons (Fsp3) is 0.333. The molecule has 0 saturated heterocycles. The van der Waals surface area contributed by atoms with Gasteiger partial charge in [0.25, 0.3) is 0 Å². The van der Waals surface area contributed by atoms with E-state index in [9.17, 15) is 22.8 Å². The maximum atomic E-state index is 11.0. The first-order chi connectivity index (χ1) is 11.1. The lowest BCUT2D eigenvalue weighted by Crippen LogP contribution is -2.36. The van der Waals surface area contributed by atoms with Gasteiger partial charge in [0, 0.05) is 24.7 Å². The molecule has 2 aromatic rings. The zero-order chi connectivity index (χ0) is 18.3. The number of hydrogen-bond acceptors (Lipinski definition) is 6. The number of aliphatic carboxylic acids is 1. The molecule has 0 bridgehead atoms. The average Bonchev–Trinajstić information content (AvgIpc) is 2.92. The molecule has 130 valence electrons. The summed E-state index contributed by atoms with van der Waals surface area (Å²) in [4.78, 5) is 20.0. The Labute approximate surface area is 133 Å². The lowest BCUT2D eigenvalue weighted by Gasteiger charge is -1.99. The molecule has 0 aliphatic carbocycles. The number of esters is 1. The number of ether oxygens (including phenoxy) is 1. The SMILES string of the molecule is COC(=O)C(F)(F)F.Cn1nnnc1-c1cc[n+](CC(=O)O)cc1. The van der Waals surface area contributed by atoms with Crippen LogP contribution < -0.4 is 4.57 Å². The van der Waals surface area contributed by atoms with Gasteiger partial charge >= 0.3 is 18.1 Å². The van der Waals surface area contributed by atoms with E-state index in [-0.39, 0.29) is 6.54 Å². The first-order valence-corrected chi connectivity index (χ1v) is 6.24. The molecule has 24 heavy (non-hydrogen) atoms. The van der Waals surface area contributed by atoms with Crippen LogP contribution in [-0.2, 0) is 27.9 Å². The fourth-order valence-electron chi connectivity index (χ4n) is 1.46. The zero-order valence-electron chi connectivity index (χ0n) is 12.6. The van der Waals surface area contributed by atoms with Gasteiger partial charge in [0.2, 0.25) is 6.54 Å². The van der Waals surface area contributed by atoms with Crippen LogP contribution in [0, 0.1) is 0 Å². The molecule has 2 aromatic heterocycles. The van der Waals surface area contributed by atoms with E-state index in [0.29, 0.717) is 12.9 Å². The summed E-state index contributed by atoms with van der Waals surface area (Å²) < 4.78 is 39.4. The van der Waals surface area contributed by atoms with Gasteiger partial charge in [-0.3, -0.25) is 0 Å². The summed E-state index contributed by atoms with van der Waals surface area (Å²) in [6.07, 6.45) is -1.50. The molecule has 0 radical (unpaired) electrons. The molecule has 0 aliphatic heterocycles. The normalized spacial score (nSPS) is 10.5. The first kappa shape index (κ1) is 19.0. The number of aromatic nitrogens is 5. The van der Waals surface area contributed by atoms with Crippen molar-refractivity contribution in [1.82, 2.24) is 20.2 Å². The Bertz CT molecular complexity index is 699. The Morgan fingerprint density at radius 2 is 1.92 bits per heavy atom. The molecule has 2 rings (SSSR count). The van der Waals surface area contributed by atoms with Crippen LogP contribution in [0.2, 0.25) is 0 Å². The molecule has 0 fully saturated rings. The largest absolute Gasteiger partial charge is 0.490 e. The topological polar surface area (TPSA) is 111 Å². The number of nitrogens with zero attached hydrogens (tertiary/aromatic N) is 5. The third kappa shape index (κ3) is 5.62. The standard InChI is InChI=1S/C9H9N5O2.C3H3F3O2/c1-13-9(10-11-12-13)7-2-4-14(5-3-7)6-8(15)16;1-8-2(7)3(4,5)6/h2-5H,6H2,1H3;1H3/p+1. The zero-order valence-corrected chi connectivity index (χ0v) is 12.6. The van der Waals surface area contributed by atoms with E-state index in [2.05, 4.69) is 20.3 Å². The molecule has 2 heterocycles. The average molecular weight is 348 g/mol. The highest BCUT2D eigenvalue weighted by molar-refractivity contribution is 5.75. The summed E-state index contributed by atoms with van der Waals surface area (Å²) in [5.41, 5.74) is 0.842. The quantitative estimate of drug-likeness (QED) is 0.612. The van der Waals surface area contributed by atoms with Crippen molar-refractivity contribution < 1.29 is 37.2 Å². The highest BCUT2D eigenvalue weighted by atomic mass is 19.4. The second kappa shape index (κ2) is 7.99. The minimum absolute atomic E-state index is 0.0582. The van der Waals surface area contributed by atoms with Gasteiger partial charge in [-0.15, -0.1) is 5.10 Å². The number of pyridine rings is 1. The van der Waals surface area contributed by atoms with Crippen LogP contribution in [0.4, 0.5) is 13.2 Å². The molecule has 0 saturated carbocycles. The molecule has 0 amide bonds. The Kier molecular flexibility index (Phi) is 6.32. The van der Waals surface area contributed by atoms with Crippen molar-refractivity contribution in [2.45, 2.75) is 12.7 Å². The number of halogens is 3. The van der Waals surface area contributed by atoms with E-state index >= 15 is 0 Å². The third-order valence-corrected chi connectivity index (χ3v) is 2.50. The van der Waals surface area contributed by atoms with Crippen molar-refractivity contribution in [2.75, 3.05) is 7.11 Å². The highest BCUT2D eigenvalue weighted by Gasteiger charge is 2.40. The number of carbonyl (C=O) groups is 2. The Balaban J connectivity index is 0.000000307. The lowest BCUT2D eigenvalue weighted by atomic mass is 10.2. The van der Waals surface area contributed by atoms with Crippen LogP contribution in [0.25, 0.3) is 11.4 Å². The summed E-state index contributed by atoms with van der Waals surface area (Å²) in [5, 5.41) is 19.7. The van der Waals surface area contributed by atoms with Gasteiger partial charge in [0.1, 0.15) is 0 Å². The van der Waals surface area contributed by atoms with Crippen LogP contribution in [0.5, 0.6) is 0 Å². The van der Waals surface area contributed by atoms with Crippen molar-refractivity contribution in [2.24, 2.45) is 7.05 Å². The van der Waals surface area contributed by atoms with Crippen molar-refractivity contribution in [3.8, 4) is 11.4 Å². The first-order valence-electron chi connectivity index (χ1n) is 6.24. The van der Waals surface area contributed by atoms with Crippen LogP contribution in [0.15, 0.2) is 24.5 Å². The molecule has 0 aromatic carbocycles. The van der Waals surface area contributed by atoms with E-state index in [1.807, 2.05) is 0 Å². The van der Waals surface area contributed by atoms with Gasteiger partial charge < -0.3 is 9.84 Å². The van der Waals surface area contributed by atoms with Crippen molar-refractivity contribution >= 4 is 11.9 Å². The van der Waals surface area contributed by atoms with Crippen LogP contribution >= 0.6 is 0 Å². The van der Waals surface area contributed by atoms with Crippen LogP contribution in [0.1, 0.15) is 0 Å². The van der Waals surface area contributed by atoms with E-state index < -0.39 is 18.1 Å². The molecule has 0 atom stereocenters. The van der Waals surface area contributed by atoms with E-state index in [1.165, 1.54) is 0 Å². The number of rotatable bonds is 3. The van der Waals surface area contributed by atoms with Gasteiger partial charge in [-0.05, 0) is 10.4 Å². The molecule has 9 nitrogen and oxygen atoms in total.